The van der Waals surface area contributed by atoms with Gasteiger partial charge in [-0.05, 0) is 12.1 Å². The minimum absolute atomic E-state index is 0.721. The van der Waals surface area contributed by atoms with Crippen molar-refractivity contribution in [3.8, 4) is 11.5 Å². The first kappa shape index (κ1) is 9.80. The molecule has 76 valence electrons. The number of hydrogen-bond acceptors (Lipinski definition) is 1. The fourth-order valence-electron chi connectivity index (χ4n) is 1.98. The van der Waals surface area contributed by atoms with Crippen LogP contribution in [0.5, 0.6) is 11.5 Å². The molecule has 1 aliphatic heterocycles. The van der Waals surface area contributed by atoms with Gasteiger partial charge in [-0.15, -0.1) is 11.6 Å². The third-order valence-corrected chi connectivity index (χ3v) is 3.19. The van der Waals surface area contributed by atoms with Crippen molar-refractivity contribution < 1.29 is 4.74 Å². The Labute approximate surface area is 100 Å². The van der Waals surface area contributed by atoms with Crippen LogP contribution in [0.1, 0.15) is 11.1 Å². The van der Waals surface area contributed by atoms with Crippen LogP contribution in [0.15, 0.2) is 48.5 Å². The lowest BCUT2D eigenvalue weighted by Gasteiger charge is -2.32. The molecule has 0 aromatic heterocycles. The Hall–Kier alpha value is -1.41. The first-order valence-electron chi connectivity index (χ1n) is 5.04. The molecule has 0 atom stereocenters. The van der Waals surface area contributed by atoms with Gasteiger partial charge in [-0.1, -0.05) is 36.4 Å². The molecule has 0 unspecified atom stereocenters. The number of fused-ring (bicyclic) bond motifs is 2. The molecule has 2 aromatic rings. The normalized spacial score (nSPS) is 15.8. The molecule has 2 aromatic carbocycles. The zero-order valence-corrected chi connectivity index (χ0v) is 9.24. The Morgan fingerprint density at radius 3 is 1.81 bits per heavy atom. The monoisotopic (exact) mass is 226 g/mol. The highest BCUT2D eigenvalue weighted by Crippen LogP contribution is 2.48. The van der Waals surface area contributed by atoms with Gasteiger partial charge in [0.25, 0.3) is 0 Å². The predicted molar refractivity (Wildman–Crippen MR) is 65.3 cm³/mol. The second-order valence-corrected chi connectivity index (χ2v) is 4.40. The van der Waals surface area contributed by atoms with Crippen molar-refractivity contribution in [1.29, 1.82) is 0 Å². The Balaban J connectivity index is 2.28. The number of halogens is 1. The van der Waals surface area contributed by atoms with E-state index < -0.39 is 4.77 Å². The lowest BCUT2D eigenvalue weighted by atomic mass is 9.73. The standard InChI is InChI=1S/C13H8BClO/c14-13(15)9-5-1-3-7-11(9)16-12-8-4-2-6-10(12)13/h1-8H. The summed E-state index contributed by atoms with van der Waals surface area (Å²) in [4.78, 5) is 0. The maximum absolute atomic E-state index is 6.43. The SMILES string of the molecule is [B]C1(Cl)c2ccccc2Oc2ccccc21. The largest absolute Gasteiger partial charge is 0.457 e. The van der Waals surface area contributed by atoms with Gasteiger partial charge in [-0.25, -0.2) is 0 Å². The molecule has 0 saturated carbocycles. The molecule has 0 bridgehead atoms. The topological polar surface area (TPSA) is 9.23 Å². The van der Waals surface area contributed by atoms with Crippen LogP contribution in [0.25, 0.3) is 0 Å². The summed E-state index contributed by atoms with van der Waals surface area (Å²) in [6.45, 7) is 0. The maximum atomic E-state index is 6.43. The zero-order valence-electron chi connectivity index (χ0n) is 8.48. The van der Waals surface area contributed by atoms with Crippen LogP contribution >= 0.6 is 11.6 Å². The van der Waals surface area contributed by atoms with Gasteiger partial charge < -0.3 is 4.74 Å². The van der Waals surface area contributed by atoms with E-state index in [2.05, 4.69) is 0 Å². The van der Waals surface area contributed by atoms with Crippen LogP contribution < -0.4 is 4.74 Å². The molecule has 3 heteroatoms. The summed E-state index contributed by atoms with van der Waals surface area (Å²) in [5.74, 6) is 1.44. The molecule has 1 heterocycles. The van der Waals surface area contributed by atoms with Crippen molar-refractivity contribution in [3.63, 3.8) is 0 Å². The minimum Gasteiger partial charge on any atom is -0.457 e. The number of benzene rings is 2. The summed E-state index contributed by atoms with van der Waals surface area (Å²) < 4.78 is 4.74. The lowest BCUT2D eigenvalue weighted by Crippen LogP contribution is -2.25. The first-order valence-corrected chi connectivity index (χ1v) is 5.42. The molecule has 0 fully saturated rings. The first-order chi connectivity index (χ1) is 7.69. The van der Waals surface area contributed by atoms with Gasteiger partial charge in [-0.2, -0.15) is 0 Å². The smallest absolute Gasteiger partial charge is 0.131 e. The molecular formula is C13H8BClO. The number of rotatable bonds is 0. The summed E-state index contributed by atoms with van der Waals surface area (Å²) >= 11 is 6.43. The van der Waals surface area contributed by atoms with E-state index in [9.17, 15) is 0 Å². The van der Waals surface area contributed by atoms with E-state index in [0.717, 1.165) is 22.6 Å². The summed E-state index contributed by atoms with van der Waals surface area (Å²) in [5.41, 5.74) is 1.60. The summed E-state index contributed by atoms with van der Waals surface area (Å²) in [6.07, 6.45) is 0. The molecule has 3 rings (SSSR count). The summed E-state index contributed by atoms with van der Waals surface area (Å²) in [6, 6.07) is 15.1. The minimum atomic E-state index is -1.01. The fraction of sp³-hybridized carbons (Fsp3) is 0.0769. The molecule has 0 aliphatic carbocycles. The number of hydrogen-bond donors (Lipinski definition) is 0. The van der Waals surface area contributed by atoms with Crippen molar-refractivity contribution in [2.75, 3.05) is 0 Å². The predicted octanol–water partition coefficient (Wildman–Crippen LogP) is 3.40. The fourth-order valence-corrected chi connectivity index (χ4v) is 2.29. The molecule has 0 spiro atoms. The Morgan fingerprint density at radius 1 is 0.875 bits per heavy atom. The highest BCUT2D eigenvalue weighted by molar-refractivity contribution is 6.47. The average molecular weight is 226 g/mol. The van der Waals surface area contributed by atoms with Crippen molar-refractivity contribution in [2.45, 2.75) is 4.77 Å². The van der Waals surface area contributed by atoms with Crippen LogP contribution in [0, 0.1) is 0 Å². The average Bonchev–Trinajstić information content (AvgIpc) is 2.29. The maximum Gasteiger partial charge on any atom is 0.131 e. The third-order valence-electron chi connectivity index (χ3n) is 2.78. The van der Waals surface area contributed by atoms with Crippen molar-refractivity contribution >= 4 is 19.4 Å². The van der Waals surface area contributed by atoms with Gasteiger partial charge >= 0.3 is 0 Å². The van der Waals surface area contributed by atoms with Crippen molar-refractivity contribution in [1.82, 2.24) is 0 Å². The van der Waals surface area contributed by atoms with Crippen LogP contribution in [0.3, 0.4) is 0 Å². The van der Waals surface area contributed by atoms with Crippen molar-refractivity contribution in [2.24, 2.45) is 0 Å². The second kappa shape index (κ2) is 3.29. The van der Waals surface area contributed by atoms with E-state index in [1.807, 2.05) is 48.5 Å². The highest BCUT2D eigenvalue weighted by Gasteiger charge is 2.35. The van der Waals surface area contributed by atoms with Gasteiger partial charge in [0.05, 0.1) is 4.77 Å². The van der Waals surface area contributed by atoms with Crippen LogP contribution in [0.4, 0.5) is 0 Å². The molecule has 16 heavy (non-hydrogen) atoms. The van der Waals surface area contributed by atoms with E-state index in [1.165, 1.54) is 0 Å². The summed E-state index contributed by atoms with van der Waals surface area (Å²) in [7, 11) is 6.19. The lowest BCUT2D eigenvalue weighted by molar-refractivity contribution is 0.453. The quantitative estimate of drug-likeness (QED) is 0.494. The molecule has 0 saturated heterocycles. The van der Waals surface area contributed by atoms with Gasteiger partial charge in [0, 0.05) is 11.1 Å². The second-order valence-electron chi connectivity index (χ2n) is 3.81. The molecule has 2 radical (unpaired) electrons. The molecule has 1 aliphatic rings. The van der Waals surface area contributed by atoms with E-state index >= 15 is 0 Å². The van der Waals surface area contributed by atoms with Gasteiger partial charge in [0.2, 0.25) is 0 Å². The van der Waals surface area contributed by atoms with Crippen LogP contribution in [-0.2, 0) is 4.77 Å². The Morgan fingerprint density at radius 2 is 1.31 bits per heavy atom. The van der Waals surface area contributed by atoms with Gasteiger partial charge in [0.1, 0.15) is 19.3 Å². The molecular weight excluding hydrogens is 218 g/mol. The summed E-state index contributed by atoms with van der Waals surface area (Å²) in [5, 5.41) is 0. The molecule has 0 N–H and O–H groups in total. The van der Waals surface area contributed by atoms with E-state index in [0.29, 0.717) is 0 Å². The molecule has 1 nitrogen and oxygen atoms in total. The Bertz CT molecular complexity index is 504. The number of alkyl halides is 1. The number of para-hydroxylation sites is 2. The Kier molecular flexibility index (Phi) is 2.02. The van der Waals surface area contributed by atoms with E-state index in [1.54, 1.807) is 0 Å². The van der Waals surface area contributed by atoms with E-state index in [-0.39, 0.29) is 0 Å². The van der Waals surface area contributed by atoms with Crippen LogP contribution in [-0.4, -0.2) is 7.85 Å². The van der Waals surface area contributed by atoms with Gasteiger partial charge in [-0.3, -0.25) is 0 Å². The molecule has 0 amide bonds. The number of ether oxygens (including phenoxy) is 1. The van der Waals surface area contributed by atoms with Crippen LogP contribution in [0.2, 0.25) is 0 Å². The highest BCUT2D eigenvalue weighted by atomic mass is 35.5. The van der Waals surface area contributed by atoms with Gasteiger partial charge in [0.15, 0.2) is 0 Å². The zero-order chi connectivity index (χ0) is 11.2. The van der Waals surface area contributed by atoms with E-state index in [4.69, 9.17) is 24.2 Å². The third kappa shape index (κ3) is 1.26. The van der Waals surface area contributed by atoms with Crippen molar-refractivity contribution in [3.05, 3.63) is 59.7 Å².